The molecule has 0 aliphatic rings. The van der Waals surface area contributed by atoms with Crippen LogP contribution in [0.15, 0.2) is 92.0 Å². The summed E-state index contributed by atoms with van der Waals surface area (Å²) in [7, 11) is -7.66. The highest BCUT2D eigenvalue weighted by atomic mass is 79.9. The summed E-state index contributed by atoms with van der Waals surface area (Å²) in [6.07, 6.45) is 0.521. The summed E-state index contributed by atoms with van der Waals surface area (Å²) in [5, 5.41) is 0. The van der Waals surface area contributed by atoms with E-state index < -0.39 is 19.9 Å². The summed E-state index contributed by atoms with van der Waals surface area (Å²) in [6.45, 7) is 1.85. The summed E-state index contributed by atoms with van der Waals surface area (Å²) >= 11 is 3.36. The molecule has 0 saturated heterocycles. The molecule has 0 aliphatic heterocycles. The van der Waals surface area contributed by atoms with Gasteiger partial charge in [-0.2, -0.15) is 0 Å². The van der Waals surface area contributed by atoms with Gasteiger partial charge >= 0.3 is 0 Å². The normalized spacial score (nSPS) is 12.1. The van der Waals surface area contributed by atoms with Crippen molar-refractivity contribution in [1.82, 2.24) is 4.72 Å². The van der Waals surface area contributed by atoms with Gasteiger partial charge in [-0.25, -0.2) is 21.6 Å². The van der Waals surface area contributed by atoms with Crippen molar-refractivity contribution in [3.63, 3.8) is 0 Å². The van der Waals surface area contributed by atoms with E-state index >= 15 is 0 Å². The lowest BCUT2D eigenvalue weighted by molar-refractivity contribution is 0.580. The molecule has 0 aromatic heterocycles. The van der Waals surface area contributed by atoms with E-state index in [1.807, 2.05) is 24.3 Å². The third kappa shape index (κ3) is 5.14. The first kappa shape index (κ1) is 21.7. The second-order valence-corrected chi connectivity index (χ2v) is 11.1. The molecule has 0 heterocycles. The lowest BCUT2D eigenvalue weighted by Gasteiger charge is -2.12. The van der Waals surface area contributed by atoms with Gasteiger partial charge in [0.15, 0.2) is 0 Å². The Hall–Kier alpha value is -2.00. The van der Waals surface area contributed by atoms with E-state index in [-0.39, 0.29) is 21.2 Å². The number of nitrogens with one attached hydrogen (secondary N) is 1. The number of halogens is 1. The van der Waals surface area contributed by atoms with Gasteiger partial charge < -0.3 is 0 Å². The van der Waals surface area contributed by atoms with Gasteiger partial charge in [0, 0.05) is 11.0 Å². The number of hydrogen-bond donors (Lipinski definition) is 1. The van der Waals surface area contributed by atoms with Crippen LogP contribution in [0.3, 0.4) is 0 Å². The Morgan fingerprint density at radius 2 is 1.48 bits per heavy atom. The van der Waals surface area contributed by atoms with Gasteiger partial charge in [0.1, 0.15) is 0 Å². The van der Waals surface area contributed by atoms with Gasteiger partial charge in [0.25, 0.3) is 0 Å². The molecule has 3 rings (SSSR count). The first-order valence-corrected chi connectivity index (χ1v) is 12.6. The van der Waals surface area contributed by atoms with Crippen LogP contribution in [0.2, 0.25) is 0 Å². The van der Waals surface area contributed by atoms with Crippen LogP contribution < -0.4 is 4.72 Å². The highest BCUT2D eigenvalue weighted by Crippen LogP contribution is 2.25. The van der Waals surface area contributed by atoms with Gasteiger partial charge in [-0.05, 0) is 60.9 Å². The van der Waals surface area contributed by atoms with Crippen LogP contribution in [-0.2, 0) is 26.3 Å². The van der Waals surface area contributed by atoms with Gasteiger partial charge in [-0.3, -0.25) is 0 Å². The Labute approximate surface area is 179 Å². The molecule has 5 nitrogen and oxygen atoms in total. The Bertz CT molecular complexity index is 1210. The fraction of sp³-hybridized carbons (Fsp3) is 0.143. The van der Waals surface area contributed by atoms with Crippen molar-refractivity contribution in [2.45, 2.75) is 28.0 Å². The monoisotopic (exact) mass is 493 g/mol. The molecule has 0 spiro atoms. The first-order valence-electron chi connectivity index (χ1n) is 8.85. The molecule has 3 aromatic rings. The van der Waals surface area contributed by atoms with E-state index in [0.29, 0.717) is 12.0 Å². The quantitative estimate of drug-likeness (QED) is 0.536. The summed E-state index contributed by atoms with van der Waals surface area (Å²) in [4.78, 5) is 0.0308. The maximum atomic E-state index is 12.8. The number of sulfone groups is 1. The van der Waals surface area contributed by atoms with Gasteiger partial charge in [-0.1, -0.05) is 52.3 Å². The molecule has 0 aliphatic carbocycles. The number of aryl methyl sites for hydroxylation is 1. The minimum Gasteiger partial charge on any atom is -0.219 e. The van der Waals surface area contributed by atoms with E-state index in [1.54, 1.807) is 25.1 Å². The summed E-state index contributed by atoms with van der Waals surface area (Å²) in [6, 6.07) is 19.7. The second kappa shape index (κ2) is 8.79. The van der Waals surface area contributed by atoms with Crippen LogP contribution in [0.4, 0.5) is 0 Å². The van der Waals surface area contributed by atoms with Gasteiger partial charge in [0.05, 0.1) is 14.7 Å². The summed E-state index contributed by atoms with van der Waals surface area (Å²) in [5.74, 6) is 0. The predicted molar refractivity (Wildman–Crippen MR) is 116 cm³/mol. The molecule has 0 fully saturated rings. The van der Waals surface area contributed by atoms with Crippen molar-refractivity contribution >= 4 is 35.8 Å². The Morgan fingerprint density at radius 3 is 2.14 bits per heavy atom. The van der Waals surface area contributed by atoms with Crippen molar-refractivity contribution in [2.75, 3.05) is 6.54 Å². The molecule has 3 aromatic carbocycles. The van der Waals surface area contributed by atoms with Crippen LogP contribution in [0, 0.1) is 6.92 Å². The maximum absolute atomic E-state index is 12.8. The SMILES string of the molecule is Cc1ccc(S(=O)(=O)c2ccccc2)cc1S(=O)(=O)NCCc1ccc(Br)cc1. The lowest BCUT2D eigenvalue weighted by Crippen LogP contribution is -2.27. The zero-order valence-corrected chi connectivity index (χ0v) is 18.9. The maximum Gasteiger partial charge on any atom is 0.240 e. The van der Waals surface area contributed by atoms with Gasteiger partial charge in [-0.15, -0.1) is 0 Å². The van der Waals surface area contributed by atoms with E-state index in [9.17, 15) is 16.8 Å². The summed E-state index contributed by atoms with van der Waals surface area (Å²) < 4.78 is 54.8. The van der Waals surface area contributed by atoms with Crippen LogP contribution in [0.25, 0.3) is 0 Å². The molecule has 0 saturated carbocycles. The van der Waals surface area contributed by atoms with Crippen molar-refractivity contribution in [1.29, 1.82) is 0 Å². The average molecular weight is 494 g/mol. The molecule has 8 heteroatoms. The lowest BCUT2D eigenvalue weighted by atomic mass is 10.2. The zero-order valence-electron chi connectivity index (χ0n) is 15.7. The van der Waals surface area contributed by atoms with Gasteiger partial charge in [0.2, 0.25) is 19.9 Å². The smallest absolute Gasteiger partial charge is 0.219 e. The number of rotatable bonds is 7. The van der Waals surface area contributed by atoms with Crippen LogP contribution in [0.5, 0.6) is 0 Å². The highest BCUT2D eigenvalue weighted by Gasteiger charge is 2.23. The van der Waals surface area contributed by atoms with Crippen LogP contribution in [-0.4, -0.2) is 23.4 Å². The average Bonchev–Trinajstić information content (AvgIpc) is 2.70. The van der Waals surface area contributed by atoms with Crippen molar-refractivity contribution < 1.29 is 16.8 Å². The number of sulfonamides is 1. The first-order chi connectivity index (χ1) is 13.7. The topological polar surface area (TPSA) is 80.3 Å². The van der Waals surface area contributed by atoms with E-state index in [1.165, 1.54) is 30.3 Å². The third-order valence-electron chi connectivity index (χ3n) is 4.43. The number of hydrogen-bond acceptors (Lipinski definition) is 4. The fourth-order valence-electron chi connectivity index (χ4n) is 2.83. The minimum absolute atomic E-state index is 0.0367. The fourth-order valence-corrected chi connectivity index (χ4v) is 5.78. The van der Waals surface area contributed by atoms with Crippen molar-refractivity contribution in [2.24, 2.45) is 0 Å². The Morgan fingerprint density at radius 1 is 0.828 bits per heavy atom. The van der Waals surface area contributed by atoms with Crippen LogP contribution in [0.1, 0.15) is 11.1 Å². The molecule has 0 atom stereocenters. The van der Waals surface area contributed by atoms with Crippen LogP contribution >= 0.6 is 15.9 Å². The second-order valence-electron chi connectivity index (χ2n) is 6.52. The minimum atomic E-state index is -3.86. The third-order valence-corrected chi connectivity index (χ3v) is 8.33. The number of benzene rings is 3. The zero-order chi connectivity index (χ0) is 21.1. The highest BCUT2D eigenvalue weighted by molar-refractivity contribution is 9.10. The molecular weight excluding hydrogens is 474 g/mol. The molecule has 0 bridgehead atoms. The molecule has 0 unspecified atom stereocenters. The molecule has 1 N–H and O–H groups in total. The van der Waals surface area contributed by atoms with Crippen molar-refractivity contribution in [3.8, 4) is 0 Å². The molecule has 152 valence electrons. The van der Waals surface area contributed by atoms with E-state index in [0.717, 1.165) is 10.0 Å². The van der Waals surface area contributed by atoms with Crippen molar-refractivity contribution in [3.05, 3.63) is 88.4 Å². The van der Waals surface area contributed by atoms with E-state index in [2.05, 4.69) is 20.7 Å². The molecule has 0 radical (unpaired) electrons. The Balaban J connectivity index is 1.84. The largest absolute Gasteiger partial charge is 0.240 e. The standard InChI is InChI=1S/C21H20BrNO4S2/c1-16-7-12-20(28(24,25)19-5-3-2-4-6-19)15-21(16)29(26,27)23-14-13-17-8-10-18(22)11-9-17/h2-12,15,23H,13-14H2,1H3. The predicted octanol–water partition coefficient (Wildman–Crippen LogP) is 4.11. The molecule has 29 heavy (non-hydrogen) atoms. The molecule has 0 amide bonds. The van der Waals surface area contributed by atoms with E-state index in [4.69, 9.17) is 0 Å². The molecular formula is C21H20BrNO4S2. The Kier molecular flexibility index (Phi) is 6.58. The summed E-state index contributed by atoms with van der Waals surface area (Å²) in [5.41, 5.74) is 1.47.